The largest absolute Gasteiger partial charge is 0.351 e. The van der Waals surface area contributed by atoms with E-state index in [2.05, 4.69) is 44.1 Å². The molecule has 1 aliphatic rings. The van der Waals surface area contributed by atoms with Gasteiger partial charge in [-0.05, 0) is 43.0 Å². The first kappa shape index (κ1) is 18.0. The summed E-state index contributed by atoms with van der Waals surface area (Å²) in [7, 11) is 2.18. The second-order valence-corrected chi connectivity index (χ2v) is 7.86. The maximum Gasteiger partial charge on any atom is 0.251 e. The minimum Gasteiger partial charge on any atom is -0.351 e. The zero-order valence-electron chi connectivity index (χ0n) is 15.2. The van der Waals surface area contributed by atoms with E-state index >= 15 is 0 Å². The van der Waals surface area contributed by atoms with Crippen LogP contribution in [0.2, 0.25) is 0 Å². The van der Waals surface area contributed by atoms with Crippen LogP contribution in [0.15, 0.2) is 24.3 Å². The highest BCUT2D eigenvalue weighted by atomic mass is 16.1. The second-order valence-electron chi connectivity index (χ2n) is 7.86. The van der Waals surface area contributed by atoms with E-state index in [9.17, 15) is 4.79 Å². The monoisotopic (exact) mass is 316 g/mol. The van der Waals surface area contributed by atoms with E-state index in [1.54, 1.807) is 0 Å². The van der Waals surface area contributed by atoms with Crippen molar-refractivity contribution >= 4 is 5.91 Å². The van der Waals surface area contributed by atoms with Crippen LogP contribution in [0.3, 0.4) is 0 Å². The Morgan fingerprint density at radius 2 is 1.91 bits per heavy atom. The minimum atomic E-state index is 0.0353. The smallest absolute Gasteiger partial charge is 0.251 e. The lowest BCUT2D eigenvalue weighted by atomic mass is 9.86. The summed E-state index contributed by atoms with van der Waals surface area (Å²) >= 11 is 0. The molecule has 0 aromatic heterocycles. The van der Waals surface area contributed by atoms with Crippen LogP contribution in [0.4, 0.5) is 0 Å². The summed E-state index contributed by atoms with van der Waals surface area (Å²) in [6, 6.07) is 8.68. The van der Waals surface area contributed by atoms with Crippen molar-refractivity contribution in [2.45, 2.75) is 64.3 Å². The highest BCUT2D eigenvalue weighted by Crippen LogP contribution is 2.23. The lowest BCUT2D eigenvalue weighted by molar-refractivity contribution is 0.0944. The summed E-state index contributed by atoms with van der Waals surface area (Å²) in [6.45, 7) is 8.15. The van der Waals surface area contributed by atoms with Gasteiger partial charge in [0.1, 0.15) is 0 Å². The molecule has 128 valence electrons. The van der Waals surface area contributed by atoms with E-state index in [0.29, 0.717) is 12.6 Å². The van der Waals surface area contributed by atoms with Gasteiger partial charge in [0.05, 0.1) is 0 Å². The molecule has 1 fully saturated rings. The van der Waals surface area contributed by atoms with Crippen LogP contribution >= 0.6 is 0 Å². The Bertz CT molecular complexity index is 513. The van der Waals surface area contributed by atoms with Crippen molar-refractivity contribution in [3.05, 3.63) is 35.4 Å². The molecule has 1 aliphatic carbocycles. The highest BCUT2D eigenvalue weighted by molar-refractivity contribution is 5.94. The average molecular weight is 316 g/mol. The van der Waals surface area contributed by atoms with Crippen LogP contribution in [-0.2, 0) is 5.41 Å². The molecule has 2 rings (SSSR count). The van der Waals surface area contributed by atoms with Gasteiger partial charge >= 0.3 is 0 Å². The van der Waals surface area contributed by atoms with Crippen molar-refractivity contribution in [1.29, 1.82) is 0 Å². The lowest BCUT2D eigenvalue weighted by Crippen LogP contribution is -2.39. The summed E-state index contributed by atoms with van der Waals surface area (Å²) in [5.41, 5.74) is 2.03. The molecule has 0 aliphatic heterocycles. The Morgan fingerprint density at radius 3 is 2.57 bits per heavy atom. The molecule has 0 saturated heterocycles. The number of benzene rings is 1. The van der Waals surface area contributed by atoms with Crippen molar-refractivity contribution in [3.63, 3.8) is 0 Å². The number of amides is 1. The zero-order valence-corrected chi connectivity index (χ0v) is 15.2. The highest BCUT2D eigenvalue weighted by Gasteiger charge is 2.18. The van der Waals surface area contributed by atoms with Gasteiger partial charge in [0.15, 0.2) is 0 Å². The minimum absolute atomic E-state index is 0.0353. The topological polar surface area (TPSA) is 32.3 Å². The van der Waals surface area contributed by atoms with Crippen molar-refractivity contribution in [2.24, 2.45) is 0 Å². The van der Waals surface area contributed by atoms with Crippen LogP contribution in [0.1, 0.15) is 68.8 Å². The molecule has 1 N–H and O–H groups in total. The third kappa shape index (κ3) is 5.35. The molecule has 3 nitrogen and oxygen atoms in total. The molecular formula is C20H32N2O. The number of carbonyl (C=O) groups excluding carboxylic acids is 1. The zero-order chi connectivity index (χ0) is 16.9. The Morgan fingerprint density at radius 1 is 1.22 bits per heavy atom. The van der Waals surface area contributed by atoms with E-state index < -0.39 is 0 Å². The van der Waals surface area contributed by atoms with Crippen LogP contribution in [0.25, 0.3) is 0 Å². The normalized spacial score (nSPS) is 16.6. The van der Waals surface area contributed by atoms with E-state index in [4.69, 9.17) is 0 Å². The Hall–Kier alpha value is -1.35. The SMILES string of the molecule is CN(CCNC(=O)c1cccc(C(C)(C)C)c1)C1CCCCC1. The summed E-state index contributed by atoms with van der Waals surface area (Å²) in [4.78, 5) is 14.8. The molecule has 3 heteroatoms. The Labute approximate surface area is 141 Å². The predicted octanol–water partition coefficient (Wildman–Crippen LogP) is 3.98. The maximum atomic E-state index is 12.4. The number of carbonyl (C=O) groups is 1. The van der Waals surface area contributed by atoms with Crippen LogP contribution in [0, 0.1) is 0 Å². The maximum absolute atomic E-state index is 12.4. The molecule has 1 aromatic carbocycles. The van der Waals surface area contributed by atoms with Gasteiger partial charge in [0.2, 0.25) is 0 Å². The van der Waals surface area contributed by atoms with E-state index in [0.717, 1.165) is 12.1 Å². The van der Waals surface area contributed by atoms with Crippen molar-refractivity contribution in [3.8, 4) is 0 Å². The van der Waals surface area contributed by atoms with Crippen LogP contribution in [0.5, 0.6) is 0 Å². The standard InChI is InChI=1S/C20H32N2O/c1-20(2,3)17-10-8-9-16(15-17)19(23)21-13-14-22(4)18-11-6-5-7-12-18/h8-10,15,18H,5-7,11-14H2,1-4H3,(H,21,23). The van der Waals surface area contributed by atoms with Gasteiger partial charge in [-0.2, -0.15) is 0 Å². The predicted molar refractivity (Wildman–Crippen MR) is 97.0 cm³/mol. The average Bonchev–Trinajstić information content (AvgIpc) is 2.54. The molecule has 0 radical (unpaired) electrons. The van der Waals surface area contributed by atoms with Gasteiger partial charge in [0, 0.05) is 24.7 Å². The molecule has 0 spiro atoms. The van der Waals surface area contributed by atoms with Gasteiger partial charge in [-0.1, -0.05) is 52.2 Å². The third-order valence-corrected chi connectivity index (χ3v) is 4.94. The Kier molecular flexibility index (Phi) is 6.23. The number of hydrogen-bond donors (Lipinski definition) is 1. The summed E-state index contributed by atoms with van der Waals surface area (Å²) in [5.74, 6) is 0.0353. The molecule has 1 saturated carbocycles. The van der Waals surface area contributed by atoms with Crippen LogP contribution in [-0.4, -0.2) is 37.0 Å². The number of hydrogen-bond acceptors (Lipinski definition) is 2. The summed E-state index contributed by atoms with van der Waals surface area (Å²) in [6.07, 6.45) is 6.68. The summed E-state index contributed by atoms with van der Waals surface area (Å²) in [5, 5.41) is 3.07. The van der Waals surface area contributed by atoms with E-state index in [1.807, 2.05) is 18.2 Å². The first-order chi connectivity index (χ1) is 10.9. The number of rotatable bonds is 5. The van der Waals surface area contributed by atoms with Gasteiger partial charge in [-0.15, -0.1) is 0 Å². The number of nitrogens with one attached hydrogen (secondary N) is 1. The molecular weight excluding hydrogens is 284 g/mol. The fourth-order valence-electron chi connectivity index (χ4n) is 3.28. The fraction of sp³-hybridized carbons (Fsp3) is 0.650. The molecule has 1 amide bonds. The third-order valence-electron chi connectivity index (χ3n) is 4.94. The van der Waals surface area contributed by atoms with Crippen molar-refractivity contribution in [2.75, 3.05) is 20.1 Å². The van der Waals surface area contributed by atoms with Gasteiger partial charge in [0.25, 0.3) is 5.91 Å². The van der Waals surface area contributed by atoms with E-state index in [1.165, 1.54) is 37.7 Å². The van der Waals surface area contributed by atoms with Gasteiger partial charge in [-0.25, -0.2) is 0 Å². The van der Waals surface area contributed by atoms with Crippen LogP contribution < -0.4 is 5.32 Å². The molecule has 0 unspecified atom stereocenters. The second kappa shape index (κ2) is 7.96. The van der Waals surface area contributed by atoms with Gasteiger partial charge < -0.3 is 10.2 Å². The van der Waals surface area contributed by atoms with Crippen molar-refractivity contribution in [1.82, 2.24) is 10.2 Å². The van der Waals surface area contributed by atoms with Crippen molar-refractivity contribution < 1.29 is 4.79 Å². The van der Waals surface area contributed by atoms with Gasteiger partial charge in [-0.3, -0.25) is 4.79 Å². The number of nitrogens with zero attached hydrogens (tertiary/aromatic N) is 1. The van der Waals surface area contributed by atoms with E-state index in [-0.39, 0.29) is 11.3 Å². The molecule has 0 atom stereocenters. The first-order valence-corrected chi connectivity index (χ1v) is 8.97. The first-order valence-electron chi connectivity index (χ1n) is 8.97. The molecule has 1 aromatic rings. The quantitative estimate of drug-likeness (QED) is 0.891. The lowest BCUT2D eigenvalue weighted by Gasteiger charge is -2.31. The molecule has 0 bridgehead atoms. The number of likely N-dealkylation sites (N-methyl/N-ethyl adjacent to an activating group) is 1. The fourth-order valence-corrected chi connectivity index (χ4v) is 3.28. The Balaban J connectivity index is 1.82. The molecule has 0 heterocycles. The molecule has 23 heavy (non-hydrogen) atoms. The summed E-state index contributed by atoms with van der Waals surface area (Å²) < 4.78 is 0.